The summed E-state index contributed by atoms with van der Waals surface area (Å²) in [6.45, 7) is 1.10. The van der Waals surface area contributed by atoms with Crippen molar-refractivity contribution in [2.75, 3.05) is 6.54 Å². The van der Waals surface area contributed by atoms with Crippen molar-refractivity contribution in [2.45, 2.75) is 38.3 Å². The highest BCUT2D eigenvalue weighted by Crippen LogP contribution is 2.28. The van der Waals surface area contributed by atoms with Crippen LogP contribution in [0.2, 0.25) is 0 Å². The highest BCUT2D eigenvalue weighted by atomic mass is 19.1. The number of amides is 4. The van der Waals surface area contributed by atoms with Gasteiger partial charge in [-0.15, -0.1) is 0 Å². The Bertz CT molecular complexity index is 1490. The number of benzene rings is 1. The summed E-state index contributed by atoms with van der Waals surface area (Å²) in [5.41, 5.74) is 12.9. The number of carbonyl (C=O) groups is 4. The van der Waals surface area contributed by atoms with E-state index in [1.54, 1.807) is 37.4 Å². The molecule has 14 heteroatoms. The van der Waals surface area contributed by atoms with Crippen molar-refractivity contribution in [1.82, 2.24) is 30.2 Å². The minimum absolute atomic E-state index is 0.0357. The number of halogens is 1. The average Bonchev–Trinajstić information content (AvgIpc) is 3.59. The van der Waals surface area contributed by atoms with E-state index < -0.39 is 47.9 Å². The van der Waals surface area contributed by atoms with Crippen LogP contribution >= 0.6 is 0 Å². The quantitative estimate of drug-likeness (QED) is 0.373. The number of nitrogens with one attached hydrogen (secondary N) is 1. The van der Waals surface area contributed by atoms with Crippen LogP contribution in [0.5, 0.6) is 0 Å². The summed E-state index contributed by atoms with van der Waals surface area (Å²) >= 11 is 0. The SMILES string of the molecule is CC1C=NC(NC(=O)C2CC(F)CN2C(=O)Cn2nc(C(N)=O)c3cc(-c4ccnnc4)ccc32)C1C(N)=O. The van der Waals surface area contributed by atoms with E-state index in [0.29, 0.717) is 10.9 Å². The second-order valence-corrected chi connectivity index (χ2v) is 9.67. The van der Waals surface area contributed by atoms with E-state index in [0.717, 1.165) is 16.0 Å². The van der Waals surface area contributed by atoms with Gasteiger partial charge in [-0.05, 0) is 23.8 Å². The number of nitrogens with two attached hydrogens (primary N) is 2. The third kappa shape index (κ3) is 4.92. The van der Waals surface area contributed by atoms with Crippen LogP contribution in [0.25, 0.3) is 22.0 Å². The summed E-state index contributed by atoms with van der Waals surface area (Å²) in [7, 11) is 0. The lowest BCUT2D eigenvalue weighted by Crippen LogP contribution is -2.52. The maximum Gasteiger partial charge on any atom is 0.269 e. The molecule has 0 radical (unpaired) electrons. The van der Waals surface area contributed by atoms with Crippen LogP contribution in [-0.4, -0.2) is 79.6 Å². The van der Waals surface area contributed by atoms with Gasteiger partial charge in [-0.1, -0.05) is 13.0 Å². The minimum Gasteiger partial charge on any atom is -0.369 e. The third-order valence-corrected chi connectivity index (χ3v) is 7.07. The number of aliphatic imine (C=N–C) groups is 1. The lowest BCUT2D eigenvalue weighted by Gasteiger charge is -2.26. The van der Waals surface area contributed by atoms with Crippen LogP contribution in [0, 0.1) is 11.8 Å². The number of aromatic nitrogens is 4. The van der Waals surface area contributed by atoms with E-state index in [1.807, 2.05) is 0 Å². The third-order valence-electron chi connectivity index (χ3n) is 7.07. The standard InChI is InChI=1S/C25H26FN9O4/c1-12-8-29-24(20(12)22(27)37)32-25(39)18-7-15(26)10-34(18)19(36)11-35-17-3-2-13(14-4-5-30-31-9-14)6-16(17)21(33-35)23(28)38/h2-6,8-9,12,15,18,20,24H,7,10-11H2,1H3,(H2,27,37)(H2,28,38)(H,32,39). The van der Waals surface area contributed by atoms with Crippen molar-refractivity contribution in [3.63, 3.8) is 0 Å². The van der Waals surface area contributed by atoms with E-state index in [4.69, 9.17) is 11.5 Å². The zero-order chi connectivity index (χ0) is 27.8. The van der Waals surface area contributed by atoms with Gasteiger partial charge in [0.25, 0.3) is 5.91 Å². The molecule has 3 aromatic rings. The highest BCUT2D eigenvalue weighted by molar-refractivity contribution is 6.05. The Labute approximate surface area is 221 Å². The topological polar surface area (TPSA) is 192 Å². The van der Waals surface area contributed by atoms with Gasteiger partial charge in [0.05, 0.1) is 30.4 Å². The smallest absolute Gasteiger partial charge is 0.269 e. The molecule has 5 N–H and O–H groups in total. The Morgan fingerprint density at radius 2 is 1.92 bits per heavy atom. The van der Waals surface area contributed by atoms with Crippen LogP contribution in [0.4, 0.5) is 4.39 Å². The van der Waals surface area contributed by atoms with Gasteiger partial charge < -0.3 is 21.7 Å². The van der Waals surface area contributed by atoms with Crippen molar-refractivity contribution < 1.29 is 23.6 Å². The molecule has 0 bridgehead atoms. The van der Waals surface area contributed by atoms with Crippen molar-refractivity contribution in [3.8, 4) is 11.1 Å². The number of rotatable bonds is 7. The monoisotopic (exact) mass is 535 g/mol. The molecule has 1 fully saturated rings. The zero-order valence-corrected chi connectivity index (χ0v) is 20.9. The van der Waals surface area contributed by atoms with Gasteiger partial charge in [0.1, 0.15) is 24.9 Å². The van der Waals surface area contributed by atoms with E-state index >= 15 is 0 Å². The number of alkyl halides is 1. The molecule has 0 saturated carbocycles. The Balaban J connectivity index is 1.38. The van der Waals surface area contributed by atoms with Crippen LogP contribution in [0.15, 0.2) is 41.7 Å². The number of hydrogen-bond acceptors (Lipinski definition) is 8. The van der Waals surface area contributed by atoms with Crippen molar-refractivity contribution in [3.05, 3.63) is 42.4 Å². The van der Waals surface area contributed by atoms with E-state index in [-0.39, 0.29) is 31.1 Å². The van der Waals surface area contributed by atoms with Crippen molar-refractivity contribution in [1.29, 1.82) is 0 Å². The van der Waals surface area contributed by atoms with E-state index in [9.17, 15) is 23.6 Å². The molecular weight excluding hydrogens is 509 g/mol. The molecule has 5 rings (SSSR count). The molecule has 39 heavy (non-hydrogen) atoms. The van der Waals surface area contributed by atoms with Crippen LogP contribution in [0.1, 0.15) is 23.8 Å². The van der Waals surface area contributed by atoms with Crippen LogP contribution in [-0.2, 0) is 20.9 Å². The molecule has 2 aliphatic heterocycles. The summed E-state index contributed by atoms with van der Waals surface area (Å²) in [5, 5.41) is 14.9. The molecular formula is C25H26FN9O4. The van der Waals surface area contributed by atoms with Gasteiger partial charge >= 0.3 is 0 Å². The summed E-state index contributed by atoms with van der Waals surface area (Å²) in [4.78, 5) is 55.7. The lowest BCUT2D eigenvalue weighted by atomic mass is 9.94. The fourth-order valence-electron chi connectivity index (χ4n) is 5.14. The molecule has 1 aromatic carbocycles. The minimum atomic E-state index is -1.42. The zero-order valence-electron chi connectivity index (χ0n) is 20.9. The number of fused-ring (bicyclic) bond motifs is 1. The maximum absolute atomic E-state index is 14.5. The largest absolute Gasteiger partial charge is 0.369 e. The number of likely N-dealkylation sites (tertiary alicyclic amines) is 1. The number of primary amides is 2. The van der Waals surface area contributed by atoms with Gasteiger partial charge in [0.15, 0.2) is 5.69 Å². The summed E-state index contributed by atoms with van der Waals surface area (Å²) < 4.78 is 15.8. The molecule has 4 heterocycles. The molecule has 5 atom stereocenters. The first kappa shape index (κ1) is 25.9. The van der Waals surface area contributed by atoms with Gasteiger partial charge in [0.2, 0.25) is 17.7 Å². The Hall–Kier alpha value is -4.75. The van der Waals surface area contributed by atoms with Crippen molar-refractivity contribution >= 4 is 40.7 Å². The second-order valence-electron chi connectivity index (χ2n) is 9.67. The molecule has 5 unspecified atom stereocenters. The predicted octanol–water partition coefficient (Wildman–Crippen LogP) is -0.204. The Morgan fingerprint density at radius 3 is 2.62 bits per heavy atom. The Morgan fingerprint density at radius 1 is 1.13 bits per heavy atom. The average molecular weight is 536 g/mol. The molecule has 13 nitrogen and oxygen atoms in total. The summed E-state index contributed by atoms with van der Waals surface area (Å²) in [6, 6.07) is 5.81. The normalized spacial score (nSPS) is 24.3. The van der Waals surface area contributed by atoms with E-state index in [1.165, 1.54) is 17.1 Å². The maximum atomic E-state index is 14.5. The first-order chi connectivity index (χ1) is 18.6. The molecule has 2 aliphatic rings. The first-order valence-electron chi connectivity index (χ1n) is 12.3. The molecule has 202 valence electrons. The summed E-state index contributed by atoms with van der Waals surface area (Å²) in [6.07, 6.45) is 2.11. The van der Waals surface area contributed by atoms with Gasteiger partial charge in [-0.2, -0.15) is 15.3 Å². The fraction of sp³-hybridized carbons (Fsp3) is 0.360. The van der Waals surface area contributed by atoms with Gasteiger partial charge in [-0.25, -0.2) is 4.39 Å². The van der Waals surface area contributed by atoms with Gasteiger partial charge in [0, 0.05) is 29.5 Å². The predicted molar refractivity (Wildman–Crippen MR) is 137 cm³/mol. The summed E-state index contributed by atoms with van der Waals surface area (Å²) in [5.74, 6) is -3.62. The molecule has 2 aromatic heterocycles. The fourth-order valence-corrected chi connectivity index (χ4v) is 5.14. The Kier molecular flexibility index (Phi) is 6.76. The molecule has 1 saturated heterocycles. The van der Waals surface area contributed by atoms with E-state index in [2.05, 4.69) is 25.6 Å². The lowest BCUT2D eigenvalue weighted by molar-refractivity contribution is -0.139. The number of hydrogen-bond donors (Lipinski definition) is 3. The number of carbonyl (C=O) groups excluding carboxylic acids is 4. The molecule has 0 aliphatic carbocycles. The van der Waals surface area contributed by atoms with Crippen LogP contribution < -0.4 is 16.8 Å². The highest BCUT2D eigenvalue weighted by Gasteiger charge is 2.43. The van der Waals surface area contributed by atoms with Gasteiger partial charge in [-0.3, -0.25) is 28.9 Å². The van der Waals surface area contributed by atoms with Crippen molar-refractivity contribution in [2.24, 2.45) is 28.3 Å². The first-order valence-corrected chi connectivity index (χ1v) is 12.3. The number of nitrogens with zero attached hydrogens (tertiary/aromatic N) is 6. The molecule has 0 spiro atoms. The van der Waals surface area contributed by atoms with Crippen LogP contribution in [0.3, 0.4) is 0 Å². The second kappa shape index (κ2) is 10.2. The molecule has 4 amide bonds.